The summed E-state index contributed by atoms with van der Waals surface area (Å²) in [5.74, 6) is 0. The highest BCUT2D eigenvalue weighted by molar-refractivity contribution is 7.80. The molecule has 0 aliphatic carbocycles. The van der Waals surface area contributed by atoms with Gasteiger partial charge in [-0.15, -0.1) is 11.3 Å². The molecule has 21 heavy (non-hydrogen) atoms. The summed E-state index contributed by atoms with van der Waals surface area (Å²) in [6.07, 6.45) is 0. The summed E-state index contributed by atoms with van der Waals surface area (Å²) in [7, 11) is 4.17. The van der Waals surface area contributed by atoms with Gasteiger partial charge < -0.3 is 15.5 Å². The molecule has 0 unspecified atom stereocenters. The van der Waals surface area contributed by atoms with Crippen LogP contribution < -0.4 is 10.6 Å². The summed E-state index contributed by atoms with van der Waals surface area (Å²) in [6.45, 7) is 2.86. The van der Waals surface area contributed by atoms with Crippen molar-refractivity contribution in [2.24, 2.45) is 0 Å². The van der Waals surface area contributed by atoms with Gasteiger partial charge in [0.2, 0.25) is 0 Å². The van der Waals surface area contributed by atoms with Gasteiger partial charge in [0, 0.05) is 17.1 Å². The first-order chi connectivity index (χ1) is 10.1. The van der Waals surface area contributed by atoms with E-state index in [-0.39, 0.29) is 0 Å². The van der Waals surface area contributed by atoms with Crippen LogP contribution in [-0.2, 0) is 0 Å². The molecule has 0 spiro atoms. The molecular formula is C16H21N3S2. The van der Waals surface area contributed by atoms with Gasteiger partial charge in [0.05, 0.1) is 6.04 Å². The first kappa shape index (κ1) is 15.9. The molecule has 5 heteroatoms. The van der Waals surface area contributed by atoms with E-state index in [0.717, 1.165) is 12.2 Å². The van der Waals surface area contributed by atoms with Crippen LogP contribution in [0, 0.1) is 6.92 Å². The Morgan fingerprint density at radius 1 is 1.24 bits per heavy atom. The lowest BCUT2D eigenvalue weighted by atomic mass is 10.2. The summed E-state index contributed by atoms with van der Waals surface area (Å²) in [4.78, 5) is 3.54. The molecule has 1 aromatic carbocycles. The molecule has 0 radical (unpaired) electrons. The standard InChI is InChI=1S/C16H21N3S2/c1-12-6-8-13(9-7-12)18-16(20)17-11-14(19(2)3)15-5-4-10-21-15/h4-10,14H,11H2,1-3H3,(H2,17,18,20)/t14-/m0/s1. The Kier molecular flexibility index (Phi) is 5.73. The number of rotatable bonds is 5. The molecule has 2 rings (SSSR count). The van der Waals surface area contributed by atoms with E-state index in [1.54, 1.807) is 11.3 Å². The van der Waals surface area contributed by atoms with E-state index in [4.69, 9.17) is 12.2 Å². The summed E-state index contributed by atoms with van der Waals surface area (Å²) in [6, 6.07) is 12.8. The molecule has 0 saturated heterocycles. The number of thiocarbonyl (C=S) groups is 1. The molecule has 1 atom stereocenters. The Bertz CT molecular complexity index is 562. The summed E-state index contributed by atoms with van der Waals surface area (Å²) in [5, 5.41) is 9.28. The van der Waals surface area contributed by atoms with Crippen LogP contribution in [0.4, 0.5) is 5.69 Å². The molecular weight excluding hydrogens is 298 g/mol. The van der Waals surface area contributed by atoms with Crippen molar-refractivity contribution in [1.82, 2.24) is 10.2 Å². The second kappa shape index (κ2) is 7.54. The number of anilines is 1. The van der Waals surface area contributed by atoms with Crippen LogP contribution in [0.15, 0.2) is 41.8 Å². The number of likely N-dealkylation sites (N-methyl/N-ethyl adjacent to an activating group) is 1. The summed E-state index contributed by atoms with van der Waals surface area (Å²) < 4.78 is 0. The molecule has 0 amide bonds. The van der Waals surface area contributed by atoms with E-state index in [0.29, 0.717) is 11.2 Å². The zero-order valence-electron chi connectivity index (χ0n) is 12.6. The molecule has 0 aliphatic rings. The predicted molar refractivity (Wildman–Crippen MR) is 96.1 cm³/mol. The third-order valence-corrected chi connectivity index (χ3v) is 4.48. The van der Waals surface area contributed by atoms with Crippen LogP contribution >= 0.6 is 23.6 Å². The quantitative estimate of drug-likeness (QED) is 0.823. The van der Waals surface area contributed by atoms with Crippen LogP contribution in [-0.4, -0.2) is 30.7 Å². The lowest BCUT2D eigenvalue weighted by Crippen LogP contribution is -2.36. The first-order valence-corrected chi connectivity index (χ1v) is 8.16. The molecule has 2 N–H and O–H groups in total. The van der Waals surface area contributed by atoms with E-state index in [9.17, 15) is 0 Å². The van der Waals surface area contributed by atoms with E-state index in [1.165, 1.54) is 10.4 Å². The van der Waals surface area contributed by atoms with Gasteiger partial charge in [-0.1, -0.05) is 23.8 Å². The molecule has 0 fully saturated rings. The van der Waals surface area contributed by atoms with Gasteiger partial charge in [0.15, 0.2) is 5.11 Å². The lowest BCUT2D eigenvalue weighted by Gasteiger charge is -2.24. The number of thiophene rings is 1. The fourth-order valence-corrected chi connectivity index (χ4v) is 3.14. The molecule has 0 aliphatic heterocycles. The topological polar surface area (TPSA) is 27.3 Å². The van der Waals surface area contributed by atoms with Crippen molar-refractivity contribution in [2.75, 3.05) is 26.0 Å². The Balaban J connectivity index is 1.89. The molecule has 112 valence electrons. The SMILES string of the molecule is Cc1ccc(NC(=S)NC[C@@H](c2cccs2)N(C)C)cc1. The molecule has 1 heterocycles. The van der Waals surface area contributed by atoms with Crippen molar-refractivity contribution < 1.29 is 0 Å². The van der Waals surface area contributed by atoms with E-state index >= 15 is 0 Å². The fraction of sp³-hybridized carbons (Fsp3) is 0.312. The van der Waals surface area contributed by atoms with Gasteiger partial charge in [0.25, 0.3) is 0 Å². The Morgan fingerprint density at radius 2 is 1.95 bits per heavy atom. The Labute approximate surface area is 136 Å². The number of nitrogens with one attached hydrogen (secondary N) is 2. The highest BCUT2D eigenvalue weighted by Gasteiger charge is 2.15. The van der Waals surface area contributed by atoms with Crippen molar-refractivity contribution in [3.05, 3.63) is 52.2 Å². The number of nitrogens with zero attached hydrogens (tertiary/aromatic N) is 1. The van der Waals surface area contributed by atoms with Crippen LogP contribution in [0.1, 0.15) is 16.5 Å². The molecule has 2 aromatic rings. The average Bonchev–Trinajstić information content (AvgIpc) is 2.95. The molecule has 0 bridgehead atoms. The van der Waals surface area contributed by atoms with Crippen molar-refractivity contribution in [3.8, 4) is 0 Å². The van der Waals surface area contributed by atoms with Gasteiger partial charge in [-0.25, -0.2) is 0 Å². The van der Waals surface area contributed by atoms with Crippen molar-refractivity contribution in [3.63, 3.8) is 0 Å². The van der Waals surface area contributed by atoms with Crippen LogP contribution in [0.5, 0.6) is 0 Å². The highest BCUT2D eigenvalue weighted by Crippen LogP contribution is 2.22. The van der Waals surface area contributed by atoms with Gasteiger partial charge in [-0.2, -0.15) is 0 Å². The lowest BCUT2D eigenvalue weighted by molar-refractivity contribution is 0.303. The number of benzene rings is 1. The first-order valence-electron chi connectivity index (χ1n) is 6.87. The maximum absolute atomic E-state index is 5.37. The molecule has 0 saturated carbocycles. The van der Waals surface area contributed by atoms with E-state index in [2.05, 4.69) is 66.2 Å². The Morgan fingerprint density at radius 3 is 2.52 bits per heavy atom. The third-order valence-electron chi connectivity index (χ3n) is 3.26. The Hall–Kier alpha value is -1.43. The minimum Gasteiger partial charge on any atom is -0.360 e. The summed E-state index contributed by atoms with van der Waals surface area (Å²) in [5.41, 5.74) is 2.25. The van der Waals surface area contributed by atoms with E-state index < -0.39 is 0 Å². The van der Waals surface area contributed by atoms with Crippen LogP contribution in [0.2, 0.25) is 0 Å². The monoisotopic (exact) mass is 319 g/mol. The highest BCUT2D eigenvalue weighted by atomic mass is 32.1. The third kappa shape index (κ3) is 4.81. The molecule has 1 aromatic heterocycles. The van der Waals surface area contributed by atoms with Crippen molar-refractivity contribution in [1.29, 1.82) is 0 Å². The number of hydrogen-bond acceptors (Lipinski definition) is 3. The van der Waals surface area contributed by atoms with E-state index in [1.807, 2.05) is 12.1 Å². The fourth-order valence-electron chi connectivity index (χ4n) is 2.02. The van der Waals surface area contributed by atoms with Crippen LogP contribution in [0.3, 0.4) is 0 Å². The smallest absolute Gasteiger partial charge is 0.170 e. The van der Waals surface area contributed by atoms with Gasteiger partial charge >= 0.3 is 0 Å². The van der Waals surface area contributed by atoms with Gasteiger partial charge in [0.1, 0.15) is 0 Å². The average molecular weight is 319 g/mol. The second-order valence-corrected chi connectivity index (χ2v) is 6.58. The molecule has 3 nitrogen and oxygen atoms in total. The number of hydrogen-bond donors (Lipinski definition) is 2. The normalized spacial score (nSPS) is 12.2. The van der Waals surface area contributed by atoms with Crippen molar-refractivity contribution in [2.45, 2.75) is 13.0 Å². The maximum Gasteiger partial charge on any atom is 0.170 e. The van der Waals surface area contributed by atoms with Crippen molar-refractivity contribution >= 4 is 34.4 Å². The van der Waals surface area contributed by atoms with Crippen LogP contribution in [0.25, 0.3) is 0 Å². The predicted octanol–water partition coefficient (Wildman–Crippen LogP) is 3.65. The zero-order valence-corrected chi connectivity index (χ0v) is 14.2. The number of aryl methyl sites for hydroxylation is 1. The summed E-state index contributed by atoms with van der Waals surface area (Å²) >= 11 is 7.14. The zero-order chi connectivity index (χ0) is 15.2. The maximum atomic E-state index is 5.37. The minimum atomic E-state index is 0.322. The van der Waals surface area contributed by atoms with Gasteiger partial charge in [-0.05, 0) is 56.8 Å². The largest absolute Gasteiger partial charge is 0.360 e. The minimum absolute atomic E-state index is 0.322. The van der Waals surface area contributed by atoms with Gasteiger partial charge in [-0.3, -0.25) is 0 Å². The second-order valence-electron chi connectivity index (χ2n) is 5.20.